The molecule has 0 radical (unpaired) electrons. The zero-order valence-electron chi connectivity index (χ0n) is 3.93. The second-order valence-electron chi connectivity index (χ2n) is 1.29. The molecule has 0 aromatic carbocycles. The molecule has 1 rings (SSSR count). The van der Waals surface area contributed by atoms with Crippen LogP contribution in [0.25, 0.3) is 0 Å². The normalized spacial score (nSPS) is 9.12. The Morgan fingerprint density at radius 2 is 2.38 bits per heavy atom. The van der Waals surface area contributed by atoms with Crippen molar-refractivity contribution in [2.45, 2.75) is 0 Å². The van der Waals surface area contributed by atoms with Gasteiger partial charge in [0.2, 0.25) is 0 Å². The summed E-state index contributed by atoms with van der Waals surface area (Å²) in [5.74, 6) is 0. The summed E-state index contributed by atoms with van der Waals surface area (Å²) in [6, 6.07) is 0. The third kappa shape index (κ3) is 0.912. The van der Waals surface area contributed by atoms with Gasteiger partial charge in [0.25, 0.3) is 0 Å². The van der Waals surface area contributed by atoms with E-state index in [0.717, 1.165) is 9.86 Å². The molecule has 42 valence electrons. The van der Waals surface area contributed by atoms with Gasteiger partial charge in [0.1, 0.15) is 12.5 Å². The van der Waals surface area contributed by atoms with Crippen LogP contribution in [0.4, 0.5) is 0 Å². The molecule has 0 aliphatic carbocycles. The molecule has 0 fully saturated rings. The van der Waals surface area contributed by atoms with Gasteiger partial charge in [-0.25, -0.2) is 0 Å². The first kappa shape index (κ1) is 5.81. The molecule has 0 unspecified atom stereocenters. The highest BCUT2D eigenvalue weighted by Crippen LogP contribution is 2.09. The highest BCUT2D eigenvalue weighted by molar-refractivity contribution is 14.1. The third-order valence-electron chi connectivity index (χ3n) is 0.769. The van der Waals surface area contributed by atoms with Crippen molar-refractivity contribution in [3.8, 4) is 0 Å². The molecule has 0 spiro atoms. The first-order valence-electron chi connectivity index (χ1n) is 2.01. The summed E-state index contributed by atoms with van der Waals surface area (Å²) in [5, 5.41) is 0. The average Bonchev–Trinajstić information content (AvgIpc) is 2.14. The Morgan fingerprint density at radius 1 is 1.62 bits per heavy atom. The fraction of sp³-hybridized carbons (Fsp3) is 0. The van der Waals surface area contributed by atoms with Crippen molar-refractivity contribution in [1.29, 1.82) is 0 Å². The van der Waals surface area contributed by atoms with Gasteiger partial charge in [0, 0.05) is 0 Å². The van der Waals surface area contributed by atoms with Crippen molar-refractivity contribution in [3.05, 3.63) is 21.7 Å². The van der Waals surface area contributed by atoms with Crippen LogP contribution in [0.5, 0.6) is 0 Å². The Kier molecular flexibility index (Phi) is 1.67. The maximum Gasteiger partial charge on any atom is 0.154 e. The van der Waals surface area contributed by atoms with E-state index >= 15 is 0 Å². The summed E-state index contributed by atoms with van der Waals surface area (Å²) in [5.41, 5.74) is 0.616. The fourth-order valence-corrected chi connectivity index (χ4v) is 0.777. The number of halogens is 1. The summed E-state index contributed by atoms with van der Waals surface area (Å²) < 4.78 is 5.56. The van der Waals surface area contributed by atoms with Crippen molar-refractivity contribution in [2.75, 3.05) is 0 Å². The van der Waals surface area contributed by atoms with E-state index in [-0.39, 0.29) is 0 Å². The highest BCUT2D eigenvalue weighted by atomic mass is 127. The largest absolute Gasteiger partial charge is 0.471 e. The van der Waals surface area contributed by atoms with Crippen LogP contribution in [-0.2, 0) is 0 Å². The van der Waals surface area contributed by atoms with Crippen LogP contribution in [0.2, 0.25) is 0 Å². The van der Waals surface area contributed by atoms with E-state index in [2.05, 4.69) is 0 Å². The number of aldehydes is 1. The molecule has 1 aromatic heterocycles. The fourth-order valence-electron chi connectivity index (χ4n) is 0.375. The lowest BCUT2D eigenvalue weighted by molar-refractivity contribution is 0.112. The number of rotatable bonds is 1. The maximum absolute atomic E-state index is 10.0. The molecule has 2 nitrogen and oxygen atoms in total. The van der Waals surface area contributed by atoms with Gasteiger partial charge in [0.15, 0.2) is 6.29 Å². The Morgan fingerprint density at radius 3 is 2.62 bits per heavy atom. The number of carbonyl (C=O) groups is 1. The SMILES string of the molecule is O=Cc1cocc1I. The van der Waals surface area contributed by atoms with Crippen molar-refractivity contribution >= 4 is 28.9 Å². The quantitative estimate of drug-likeness (QED) is 0.534. The van der Waals surface area contributed by atoms with Crippen LogP contribution in [0.15, 0.2) is 16.9 Å². The van der Waals surface area contributed by atoms with Crippen molar-refractivity contribution < 1.29 is 9.21 Å². The van der Waals surface area contributed by atoms with E-state index in [1.807, 2.05) is 22.6 Å². The summed E-state index contributed by atoms with van der Waals surface area (Å²) >= 11 is 2.03. The van der Waals surface area contributed by atoms with Crippen LogP contribution in [-0.4, -0.2) is 6.29 Å². The van der Waals surface area contributed by atoms with Crippen LogP contribution < -0.4 is 0 Å². The molecule has 1 heterocycles. The highest BCUT2D eigenvalue weighted by Gasteiger charge is 1.96. The number of carbonyl (C=O) groups excluding carboxylic acids is 1. The van der Waals surface area contributed by atoms with Crippen LogP contribution in [0, 0.1) is 3.57 Å². The molecular weight excluding hydrogens is 219 g/mol. The monoisotopic (exact) mass is 222 g/mol. The lowest BCUT2D eigenvalue weighted by Crippen LogP contribution is -1.73. The predicted molar refractivity (Wildman–Crippen MR) is 36.8 cm³/mol. The molecule has 0 N–H and O–H groups in total. The van der Waals surface area contributed by atoms with Crippen LogP contribution >= 0.6 is 22.6 Å². The van der Waals surface area contributed by atoms with Crippen molar-refractivity contribution in [2.24, 2.45) is 0 Å². The molecule has 0 aliphatic heterocycles. The Bertz CT molecular complexity index is 192. The molecule has 0 amide bonds. The Balaban J connectivity index is 3.09. The van der Waals surface area contributed by atoms with Gasteiger partial charge in [0.05, 0.1) is 9.13 Å². The molecule has 0 atom stereocenters. The zero-order valence-corrected chi connectivity index (χ0v) is 6.08. The molecular formula is C5H3IO2. The first-order chi connectivity index (χ1) is 3.84. The molecule has 3 heteroatoms. The van der Waals surface area contributed by atoms with E-state index in [4.69, 9.17) is 4.42 Å². The predicted octanol–water partition coefficient (Wildman–Crippen LogP) is 1.70. The third-order valence-corrected chi connectivity index (χ3v) is 1.65. The average molecular weight is 222 g/mol. The summed E-state index contributed by atoms with van der Waals surface area (Å²) in [6.45, 7) is 0. The van der Waals surface area contributed by atoms with Crippen molar-refractivity contribution in [1.82, 2.24) is 0 Å². The van der Waals surface area contributed by atoms with Gasteiger partial charge in [-0.05, 0) is 22.6 Å². The second kappa shape index (κ2) is 2.30. The lowest BCUT2D eigenvalue weighted by atomic mass is 10.4. The summed E-state index contributed by atoms with van der Waals surface area (Å²) in [6.07, 6.45) is 3.73. The Labute approximate surface area is 60.0 Å². The molecule has 0 aliphatic rings. The van der Waals surface area contributed by atoms with E-state index in [9.17, 15) is 4.79 Å². The minimum Gasteiger partial charge on any atom is -0.471 e. The summed E-state index contributed by atoms with van der Waals surface area (Å²) in [4.78, 5) is 10.0. The topological polar surface area (TPSA) is 30.2 Å². The second-order valence-corrected chi connectivity index (χ2v) is 2.46. The van der Waals surface area contributed by atoms with E-state index in [0.29, 0.717) is 5.56 Å². The lowest BCUT2D eigenvalue weighted by Gasteiger charge is -1.73. The molecule has 1 aromatic rings. The van der Waals surface area contributed by atoms with E-state index < -0.39 is 0 Å². The van der Waals surface area contributed by atoms with Gasteiger partial charge in [-0.1, -0.05) is 0 Å². The van der Waals surface area contributed by atoms with Gasteiger partial charge < -0.3 is 4.42 Å². The molecule has 0 saturated heterocycles. The molecule has 0 saturated carbocycles. The van der Waals surface area contributed by atoms with Gasteiger partial charge >= 0.3 is 0 Å². The molecule has 8 heavy (non-hydrogen) atoms. The smallest absolute Gasteiger partial charge is 0.154 e. The number of hydrogen-bond acceptors (Lipinski definition) is 2. The minimum absolute atomic E-state index is 0.616. The van der Waals surface area contributed by atoms with Crippen molar-refractivity contribution in [3.63, 3.8) is 0 Å². The standard InChI is InChI=1S/C5H3IO2/c6-5-3-8-2-4(5)1-7/h1-3H. The number of furan rings is 1. The van der Waals surface area contributed by atoms with Crippen LogP contribution in [0.3, 0.4) is 0 Å². The van der Waals surface area contributed by atoms with Gasteiger partial charge in [-0.2, -0.15) is 0 Å². The van der Waals surface area contributed by atoms with E-state index in [1.165, 1.54) is 12.5 Å². The number of hydrogen-bond donors (Lipinski definition) is 0. The van der Waals surface area contributed by atoms with Gasteiger partial charge in [-0.15, -0.1) is 0 Å². The molecule has 0 bridgehead atoms. The zero-order chi connectivity index (χ0) is 5.98. The minimum atomic E-state index is 0.616. The van der Waals surface area contributed by atoms with Crippen LogP contribution in [0.1, 0.15) is 10.4 Å². The summed E-state index contributed by atoms with van der Waals surface area (Å²) in [7, 11) is 0. The maximum atomic E-state index is 10.0. The first-order valence-corrected chi connectivity index (χ1v) is 3.09. The van der Waals surface area contributed by atoms with E-state index in [1.54, 1.807) is 0 Å². The van der Waals surface area contributed by atoms with Gasteiger partial charge in [-0.3, -0.25) is 4.79 Å². The Hall–Kier alpha value is -0.320.